The highest BCUT2D eigenvalue weighted by molar-refractivity contribution is 7.07. The second-order valence-electron chi connectivity index (χ2n) is 8.44. The minimum atomic E-state index is -3.14. The van der Waals surface area contributed by atoms with Crippen LogP contribution in [0.3, 0.4) is 0 Å². The van der Waals surface area contributed by atoms with Crippen LogP contribution in [0.4, 0.5) is 0 Å². The molecule has 0 heterocycles. The summed E-state index contributed by atoms with van der Waals surface area (Å²) in [6.07, 6.45) is 1.55. The highest BCUT2D eigenvalue weighted by atomic mass is 28.4. The van der Waals surface area contributed by atoms with E-state index in [1.807, 2.05) is 121 Å². The van der Waals surface area contributed by atoms with Crippen LogP contribution in [0.15, 0.2) is 132 Å². The molecule has 0 amide bonds. The van der Waals surface area contributed by atoms with Gasteiger partial charge in [0, 0.05) is 11.8 Å². The van der Waals surface area contributed by atoms with Gasteiger partial charge in [0.1, 0.15) is 12.3 Å². The minimum Gasteiger partial charge on any atom is -0.507 e. The molecule has 36 heavy (non-hydrogen) atoms. The van der Waals surface area contributed by atoms with E-state index in [0.29, 0.717) is 5.56 Å². The fourth-order valence-corrected chi connectivity index (χ4v) is 8.27. The van der Waals surface area contributed by atoms with Crippen molar-refractivity contribution in [1.29, 1.82) is 0 Å². The Morgan fingerprint density at radius 1 is 0.694 bits per heavy atom. The maximum atomic E-state index is 13.4. The average Bonchev–Trinajstić information content (AvgIpc) is 2.94. The van der Waals surface area contributed by atoms with Crippen molar-refractivity contribution >= 4 is 46.8 Å². The molecular formula is C31H25NO3Si. The first-order valence-electron chi connectivity index (χ1n) is 11.8. The second-order valence-corrected chi connectivity index (χ2v) is 11.7. The zero-order valence-electron chi connectivity index (χ0n) is 19.6. The summed E-state index contributed by atoms with van der Waals surface area (Å²) in [6, 6.07) is 41.1. The molecule has 0 fully saturated rings. The molecule has 0 bridgehead atoms. The average molecular weight is 488 g/mol. The largest absolute Gasteiger partial charge is 0.507 e. The van der Waals surface area contributed by atoms with Crippen LogP contribution in [0.5, 0.6) is 5.75 Å². The first-order valence-corrected chi connectivity index (χ1v) is 13.7. The number of hydrogen-bond donors (Lipinski definition) is 1. The molecule has 0 aliphatic heterocycles. The third-order valence-corrected chi connectivity index (χ3v) is 10.2. The van der Waals surface area contributed by atoms with Crippen LogP contribution in [-0.2, 0) is 9.22 Å². The van der Waals surface area contributed by atoms with E-state index in [-0.39, 0.29) is 12.3 Å². The van der Waals surface area contributed by atoms with Crippen molar-refractivity contribution in [1.82, 2.24) is 0 Å². The molecule has 0 saturated heterocycles. The molecule has 5 aromatic carbocycles. The van der Waals surface area contributed by atoms with Gasteiger partial charge in [-0.15, -0.1) is 0 Å². The van der Waals surface area contributed by atoms with Crippen LogP contribution in [-0.4, -0.2) is 32.2 Å². The highest BCUT2D eigenvalue weighted by Gasteiger charge is 2.45. The van der Waals surface area contributed by atoms with Gasteiger partial charge in [0.15, 0.2) is 0 Å². The van der Waals surface area contributed by atoms with Crippen molar-refractivity contribution in [3.8, 4) is 5.75 Å². The van der Waals surface area contributed by atoms with E-state index in [2.05, 4.69) is 4.99 Å². The smallest absolute Gasteiger partial charge is 0.350 e. The summed E-state index contributed by atoms with van der Waals surface area (Å²) in [6.45, 7) is -0.163. The maximum Gasteiger partial charge on any atom is 0.350 e. The molecule has 0 saturated carbocycles. The van der Waals surface area contributed by atoms with Gasteiger partial charge < -0.3 is 9.53 Å². The molecule has 5 heteroatoms. The lowest BCUT2D eigenvalue weighted by atomic mass is 10.0. The first-order chi connectivity index (χ1) is 17.7. The second kappa shape index (κ2) is 10.4. The van der Waals surface area contributed by atoms with Crippen LogP contribution in [0.1, 0.15) is 5.56 Å². The number of fused-ring (bicyclic) bond motifs is 1. The lowest BCUT2D eigenvalue weighted by Crippen LogP contribution is -2.70. The van der Waals surface area contributed by atoms with Gasteiger partial charge in [-0.1, -0.05) is 121 Å². The predicted molar refractivity (Wildman–Crippen MR) is 148 cm³/mol. The Labute approximate surface area is 211 Å². The fraction of sp³-hybridized carbons (Fsp3) is 0.0323. The molecule has 1 N–H and O–H groups in total. The highest BCUT2D eigenvalue weighted by Crippen LogP contribution is 2.25. The Morgan fingerprint density at radius 2 is 1.19 bits per heavy atom. The molecule has 0 unspecified atom stereocenters. The molecule has 5 rings (SSSR count). The number of rotatable bonds is 7. The maximum absolute atomic E-state index is 13.4. The molecule has 4 nitrogen and oxygen atoms in total. The molecule has 0 atom stereocenters. The van der Waals surface area contributed by atoms with Gasteiger partial charge in [-0.3, -0.25) is 9.79 Å². The van der Waals surface area contributed by atoms with Gasteiger partial charge in [0.05, 0.1) is 0 Å². The third-order valence-electron chi connectivity index (χ3n) is 6.20. The molecule has 0 spiro atoms. The van der Waals surface area contributed by atoms with Crippen molar-refractivity contribution in [2.75, 3.05) is 6.54 Å². The fourth-order valence-electron chi connectivity index (χ4n) is 4.53. The lowest BCUT2D eigenvalue weighted by Gasteiger charge is -2.32. The van der Waals surface area contributed by atoms with Crippen LogP contribution in [0.2, 0.25) is 0 Å². The van der Waals surface area contributed by atoms with Crippen molar-refractivity contribution in [3.05, 3.63) is 133 Å². The van der Waals surface area contributed by atoms with E-state index in [9.17, 15) is 9.90 Å². The van der Waals surface area contributed by atoms with Crippen LogP contribution < -0.4 is 15.6 Å². The van der Waals surface area contributed by atoms with Crippen molar-refractivity contribution in [2.45, 2.75) is 0 Å². The van der Waals surface area contributed by atoms with Gasteiger partial charge in [-0.2, -0.15) is 0 Å². The van der Waals surface area contributed by atoms with Crippen LogP contribution >= 0.6 is 0 Å². The number of carbonyl (C=O) groups excluding carboxylic acids is 1. The van der Waals surface area contributed by atoms with E-state index in [4.69, 9.17) is 4.43 Å². The molecule has 0 aromatic heterocycles. The summed E-state index contributed by atoms with van der Waals surface area (Å²) >= 11 is 0. The van der Waals surface area contributed by atoms with E-state index < -0.39 is 14.3 Å². The Hall–Kier alpha value is -4.48. The van der Waals surface area contributed by atoms with Crippen LogP contribution in [0.25, 0.3) is 10.8 Å². The zero-order valence-corrected chi connectivity index (χ0v) is 20.6. The molecule has 176 valence electrons. The Morgan fingerprint density at radius 3 is 1.75 bits per heavy atom. The van der Waals surface area contributed by atoms with Gasteiger partial charge >= 0.3 is 14.3 Å². The van der Waals surface area contributed by atoms with Crippen LogP contribution in [0, 0.1) is 0 Å². The number of benzene rings is 5. The molecule has 0 aliphatic rings. The number of aromatic hydroxyl groups is 1. The number of aliphatic imine (C=N–C) groups is 1. The van der Waals surface area contributed by atoms with Crippen molar-refractivity contribution < 1.29 is 14.3 Å². The summed E-state index contributed by atoms with van der Waals surface area (Å²) in [7, 11) is -3.14. The Balaban J connectivity index is 1.51. The monoisotopic (exact) mass is 487 g/mol. The summed E-state index contributed by atoms with van der Waals surface area (Å²) in [5.74, 6) is -0.304. The number of nitrogens with zero attached hydrogens (tertiary/aromatic N) is 1. The zero-order chi connectivity index (χ0) is 24.8. The standard InChI is InChI=1S/C31H25NO3Si/c33-30-21-20-24-12-10-11-19-28(24)29(30)22-32-23-31(34)35-36(25-13-4-1-5-14-25,26-15-6-2-7-16-26)27-17-8-3-9-18-27/h1-22,33H,23H2. The van der Waals surface area contributed by atoms with E-state index in [0.717, 1.165) is 26.3 Å². The van der Waals surface area contributed by atoms with Gasteiger partial charge in [0.25, 0.3) is 0 Å². The molecule has 5 aromatic rings. The number of hydrogen-bond acceptors (Lipinski definition) is 4. The number of carbonyl (C=O) groups is 1. The van der Waals surface area contributed by atoms with E-state index >= 15 is 0 Å². The Kier molecular flexibility index (Phi) is 6.73. The quantitative estimate of drug-likeness (QED) is 0.213. The lowest BCUT2D eigenvalue weighted by molar-refractivity contribution is -0.133. The normalized spacial score (nSPS) is 11.6. The molecule has 0 radical (unpaired) electrons. The number of phenolic OH excluding ortho intramolecular Hbond substituents is 1. The summed E-state index contributed by atoms with van der Waals surface area (Å²) in [5.41, 5.74) is 0.582. The van der Waals surface area contributed by atoms with Gasteiger partial charge in [-0.25, -0.2) is 0 Å². The minimum absolute atomic E-state index is 0.118. The van der Waals surface area contributed by atoms with Crippen molar-refractivity contribution in [2.24, 2.45) is 4.99 Å². The summed E-state index contributed by atoms with van der Waals surface area (Å²) < 4.78 is 6.48. The Bertz CT molecular complexity index is 1410. The van der Waals surface area contributed by atoms with Gasteiger partial charge in [0.2, 0.25) is 0 Å². The number of phenols is 1. The SMILES string of the molecule is O=C(CN=Cc1c(O)ccc2ccccc12)O[Si](c1ccccc1)(c1ccccc1)c1ccccc1. The first kappa shape index (κ1) is 23.3. The van der Waals surface area contributed by atoms with E-state index in [1.54, 1.807) is 12.3 Å². The predicted octanol–water partition coefficient (Wildman–Crippen LogP) is 4.17. The summed E-state index contributed by atoms with van der Waals surface area (Å²) in [4.78, 5) is 17.7. The molecular weight excluding hydrogens is 462 g/mol. The summed E-state index contributed by atoms with van der Waals surface area (Å²) in [5, 5.41) is 15.2. The van der Waals surface area contributed by atoms with Gasteiger partial charge in [-0.05, 0) is 32.4 Å². The topological polar surface area (TPSA) is 58.9 Å². The van der Waals surface area contributed by atoms with E-state index in [1.165, 1.54) is 0 Å². The van der Waals surface area contributed by atoms with Crippen molar-refractivity contribution in [3.63, 3.8) is 0 Å². The third kappa shape index (κ3) is 4.56. The molecule has 0 aliphatic carbocycles.